The van der Waals surface area contributed by atoms with Crippen molar-refractivity contribution < 1.29 is 9.72 Å². The molecule has 0 aromatic heterocycles. The van der Waals surface area contributed by atoms with E-state index in [-0.39, 0.29) is 5.03 Å². The van der Waals surface area contributed by atoms with Crippen LogP contribution in [0.5, 0.6) is 0 Å². The van der Waals surface area contributed by atoms with Crippen LogP contribution in [0.25, 0.3) is 0 Å². The van der Waals surface area contributed by atoms with Gasteiger partial charge in [0.2, 0.25) is 5.24 Å². The van der Waals surface area contributed by atoms with Crippen LogP contribution in [0.4, 0.5) is 0 Å². The van der Waals surface area contributed by atoms with Crippen molar-refractivity contribution in [2.24, 2.45) is 5.92 Å². The Hall–Kier alpha value is -0.390. The third-order valence-electron chi connectivity index (χ3n) is 1.80. The van der Waals surface area contributed by atoms with E-state index < -0.39 is 20.5 Å². The molecular weight excluding hydrogens is 297 g/mol. The molecule has 0 N–H and O–H groups in total. The summed E-state index contributed by atoms with van der Waals surface area (Å²) in [6.45, 7) is 0. The van der Waals surface area contributed by atoms with E-state index in [1.807, 2.05) is 0 Å². The van der Waals surface area contributed by atoms with Crippen LogP contribution in [-0.2, 0) is 4.79 Å². The Morgan fingerprint density at radius 3 is 2.64 bits per heavy atom. The first-order valence-corrected chi connectivity index (χ1v) is 5.02. The molecule has 4 nitrogen and oxygen atoms in total. The molecule has 0 spiro atoms. The number of nitrogens with zero attached hydrogens (tertiary/aromatic N) is 1. The lowest BCUT2D eigenvalue weighted by Gasteiger charge is -2.24. The molecule has 0 heterocycles. The first kappa shape index (κ1) is 11.7. The molecule has 0 aromatic carbocycles. The van der Waals surface area contributed by atoms with Crippen molar-refractivity contribution in [2.75, 3.05) is 0 Å². The number of carbonyl (C=O) groups excluding carboxylic acids is 1. The zero-order valence-corrected chi connectivity index (χ0v) is 9.71. The summed E-state index contributed by atoms with van der Waals surface area (Å²) < 4.78 is -1.83. The minimum Gasteiger partial charge on any atom is -0.280 e. The second-order valence-corrected chi connectivity index (χ2v) is 4.60. The summed E-state index contributed by atoms with van der Waals surface area (Å²) in [5.74, 6) is -1.10. The van der Waals surface area contributed by atoms with Gasteiger partial charge in [-0.25, -0.2) is 0 Å². The van der Waals surface area contributed by atoms with E-state index in [1.54, 1.807) is 0 Å². The largest absolute Gasteiger partial charge is 0.324 e. The SMILES string of the molecule is O=C(Cl)C1C=CC=C(Cl)C1(Br)[N+](=O)[O-]. The van der Waals surface area contributed by atoms with Gasteiger partial charge in [0.1, 0.15) is 11.0 Å². The normalized spacial score (nSPS) is 31.1. The highest BCUT2D eigenvalue weighted by atomic mass is 79.9. The van der Waals surface area contributed by atoms with E-state index in [9.17, 15) is 14.9 Å². The first-order chi connectivity index (χ1) is 6.40. The second kappa shape index (κ2) is 4.00. The van der Waals surface area contributed by atoms with Crippen LogP contribution in [-0.4, -0.2) is 14.6 Å². The smallest absolute Gasteiger partial charge is 0.280 e. The topological polar surface area (TPSA) is 60.2 Å². The molecule has 0 radical (unpaired) electrons. The number of alkyl halides is 1. The summed E-state index contributed by atoms with van der Waals surface area (Å²) >= 11 is 13.7. The molecule has 1 aliphatic carbocycles. The fraction of sp³-hybridized carbons (Fsp3) is 0.286. The predicted octanol–water partition coefficient (Wildman–Crippen LogP) is 2.43. The van der Waals surface area contributed by atoms with E-state index in [1.165, 1.54) is 18.2 Å². The summed E-state index contributed by atoms with van der Waals surface area (Å²) in [6, 6.07) is 0. The average molecular weight is 301 g/mol. The fourth-order valence-electron chi connectivity index (χ4n) is 1.07. The molecule has 0 amide bonds. The lowest BCUT2D eigenvalue weighted by molar-refractivity contribution is -0.527. The van der Waals surface area contributed by atoms with Crippen molar-refractivity contribution >= 4 is 44.4 Å². The van der Waals surface area contributed by atoms with E-state index in [0.29, 0.717) is 0 Å². The maximum atomic E-state index is 11.0. The molecule has 1 aliphatic rings. The molecule has 0 bridgehead atoms. The number of hydrogen-bond acceptors (Lipinski definition) is 3. The Kier molecular flexibility index (Phi) is 3.34. The highest BCUT2D eigenvalue weighted by Gasteiger charge is 2.54. The average Bonchev–Trinajstić information content (AvgIpc) is 2.08. The Morgan fingerprint density at radius 1 is 1.71 bits per heavy atom. The number of carbonyl (C=O) groups is 1. The van der Waals surface area contributed by atoms with Crippen LogP contribution in [0.1, 0.15) is 0 Å². The fourth-order valence-corrected chi connectivity index (χ4v) is 2.19. The summed E-state index contributed by atoms with van der Waals surface area (Å²) in [5, 5.41) is 9.88. The standard InChI is InChI=1S/C7H4BrCl2NO3/c8-7(11(13)14)4(6(10)12)2-1-3-5(7)9/h1-4H. The van der Waals surface area contributed by atoms with Gasteiger partial charge in [0, 0.05) is 20.9 Å². The van der Waals surface area contributed by atoms with Crippen molar-refractivity contribution in [2.45, 2.75) is 4.45 Å². The van der Waals surface area contributed by atoms with Gasteiger partial charge in [0.15, 0.2) is 0 Å². The quantitative estimate of drug-likeness (QED) is 0.259. The van der Waals surface area contributed by atoms with Crippen molar-refractivity contribution in [3.63, 3.8) is 0 Å². The molecule has 14 heavy (non-hydrogen) atoms. The Balaban J connectivity index is 3.22. The zero-order chi connectivity index (χ0) is 10.9. The Bertz CT molecular complexity index is 355. The van der Waals surface area contributed by atoms with Crippen molar-refractivity contribution in [1.82, 2.24) is 0 Å². The summed E-state index contributed by atoms with van der Waals surface area (Å²) in [7, 11) is 0. The van der Waals surface area contributed by atoms with Gasteiger partial charge in [0.05, 0.1) is 0 Å². The van der Waals surface area contributed by atoms with Gasteiger partial charge in [-0.15, -0.1) is 0 Å². The Morgan fingerprint density at radius 2 is 2.29 bits per heavy atom. The maximum Gasteiger partial charge on any atom is 0.324 e. The number of nitro groups is 1. The van der Waals surface area contributed by atoms with Gasteiger partial charge >= 0.3 is 4.45 Å². The van der Waals surface area contributed by atoms with Gasteiger partial charge in [-0.1, -0.05) is 23.8 Å². The highest BCUT2D eigenvalue weighted by Crippen LogP contribution is 2.42. The van der Waals surface area contributed by atoms with E-state index in [4.69, 9.17) is 23.2 Å². The number of allylic oxidation sites excluding steroid dienone is 2. The molecular formula is C7H4BrCl2NO3. The molecule has 0 fully saturated rings. The van der Waals surface area contributed by atoms with Crippen molar-refractivity contribution in [1.29, 1.82) is 0 Å². The van der Waals surface area contributed by atoms with Crippen LogP contribution in [0.2, 0.25) is 0 Å². The minimum atomic E-state index is -1.83. The van der Waals surface area contributed by atoms with Crippen LogP contribution < -0.4 is 0 Å². The summed E-state index contributed by atoms with van der Waals surface area (Å²) in [4.78, 5) is 21.1. The minimum absolute atomic E-state index is 0.0796. The predicted molar refractivity (Wildman–Crippen MR) is 56.1 cm³/mol. The van der Waals surface area contributed by atoms with Crippen LogP contribution in [0, 0.1) is 16.0 Å². The third-order valence-corrected chi connectivity index (χ3v) is 3.89. The van der Waals surface area contributed by atoms with E-state index in [2.05, 4.69) is 15.9 Å². The van der Waals surface area contributed by atoms with Gasteiger partial charge in [-0.3, -0.25) is 14.9 Å². The van der Waals surface area contributed by atoms with Crippen LogP contribution >= 0.6 is 39.1 Å². The molecule has 0 aromatic rings. The molecule has 7 heteroatoms. The second-order valence-electron chi connectivity index (χ2n) is 2.61. The summed E-state index contributed by atoms with van der Waals surface area (Å²) in [5.41, 5.74) is 0. The van der Waals surface area contributed by atoms with Gasteiger partial charge < -0.3 is 0 Å². The van der Waals surface area contributed by atoms with Crippen LogP contribution in [0.3, 0.4) is 0 Å². The highest BCUT2D eigenvalue weighted by molar-refractivity contribution is 9.10. The number of rotatable bonds is 2. The number of hydrogen-bond donors (Lipinski definition) is 0. The number of halogens is 3. The van der Waals surface area contributed by atoms with Gasteiger partial charge in [-0.2, -0.15) is 0 Å². The zero-order valence-electron chi connectivity index (χ0n) is 6.62. The first-order valence-electron chi connectivity index (χ1n) is 3.48. The van der Waals surface area contributed by atoms with Crippen molar-refractivity contribution in [3.05, 3.63) is 33.4 Å². The monoisotopic (exact) mass is 299 g/mol. The lowest BCUT2D eigenvalue weighted by Crippen LogP contribution is -2.43. The Labute approximate surface area is 97.8 Å². The molecule has 2 atom stereocenters. The van der Waals surface area contributed by atoms with Crippen LogP contribution in [0.15, 0.2) is 23.3 Å². The lowest BCUT2D eigenvalue weighted by atomic mass is 9.96. The third kappa shape index (κ3) is 1.71. The van der Waals surface area contributed by atoms with Crippen molar-refractivity contribution in [3.8, 4) is 0 Å². The molecule has 1 rings (SSSR count). The molecule has 0 saturated carbocycles. The summed E-state index contributed by atoms with van der Waals surface area (Å²) in [6.07, 6.45) is 4.13. The molecule has 2 unspecified atom stereocenters. The van der Waals surface area contributed by atoms with Gasteiger partial charge in [0.25, 0.3) is 0 Å². The molecule has 0 aliphatic heterocycles. The van der Waals surface area contributed by atoms with E-state index in [0.717, 1.165) is 0 Å². The van der Waals surface area contributed by atoms with E-state index >= 15 is 0 Å². The molecule has 0 saturated heterocycles. The maximum absolute atomic E-state index is 11.0. The van der Waals surface area contributed by atoms with Gasteiger partial charge in [-0.05, 0) is 17.7 Å². The molecule has 76 valence electrons.